The summed E-state index contributed by atoms with van der Waals surface area (Å²) in [7, 11) is 0. The van der Waals surface area contributed by atoms with E-state index in [2.05, 4.69) is 12.3 Å². The first kappa shape index (κ1) is 18.1. The van der Waals surface area contributed by atoms with Gasteiger partial charge in [0.05, 0.1) is 0 Å². The van der Waals surface area contributed by atoms with Crippen LogP contribution in [0.25, 0.3) is 0 Å². The fourth-order valence-corrected chi connectivity index (χ4v) is 0.770. The van der Waals surface area contributed by atoms with Crippen molar-refractivity contribution in [3.63, 3.8) is 0 Å². The first-order chi connectivity index (χ1) is 8.20. The van der Waals surface area contributed by atoms with E-state index in [-0.39, 0.29) is 30.0 Å². The molecule has 6 nitrogen and oxygen atoms in total. The quantitative estimate of drug-likeness (QED) is 0.675. The molecule has 0 saturated heterocycles. The average Bonchev–Trinajstić information content (AvgIpc) is 2.23. The zero-order valence-corrected chi connectivity index (χ0v) is 10.4. The van der Waals surface area contributed by atoms with Gasteiger partial charge in [-0.25, -0.2) is 4.79 Å². The Morgan fingerprint density at radius 3 is 1.83 bits per heavy atom. The van der Waals surface area contributed by atoms with E-state index in [9.17, 15) is 19.2 Å². The summed E-state index contributed by atoms with van der Waals surface area (Å²) in [6.07, 6.45) is 2.28. The number of carbonyl (C=O) groups is 4. The Hall–Kier alpha value is -2.24. The Morgan fingerprint density at radius 2 is 1.61 bits per heavy atom. The van der Waals surface area contributed by atoms with Crippen LogP contribution < -0.4 is 5.73 Å². The largest absolute Gasteiger partial charge is 0.478 e. The van der Waals surface area contributed by atoms with Gasteiger partial charge < -0.3 is 10.8 Å². The fourth-order valence-electron chi connectivity index (χ4n) is 0.770. The molecule has 0 saturated carbocycles. The molecule has 0 aromatic heterocycles. The number of nitrogens with two attached hydrogens (primary N) is 1. The summed E-state index contributed by atoms with van der Waals surface area (Å²) >= 11 is 0. The molecule has 0 rings (SSSR count). The van der Waals surface area contributed by atoms with E-state index in [0.29, 0.717) is 0 Å². The molecule has 1 amide bonds. The monoisotopic (exact) mass is 255 g/mol. The number of rotatable bonds is 6. The van der Waals surface area contributed by atoms with Crippen molar-refractivity contribution in [3.05, 3.63) is 24.3 Å². The van der Waals surface area contributed by atoms with Crippen LogP contribution in [0.5, 0.6) is 0 Å². The zero-order valence-electron chi connectivity index (χ0n) is 10.4. The Labute approximate surface area is 105 Å². The molecule has 6 heteroatoms. The molecule has 100 valence electrons. The summed E-state index contributed by atoms with van der Waals surface area (Å²) in [5, 5.41) is 8.60. The van der Waals surface area contributed by atoms with Gasteiger partial charge in [-0.1, -0.05) is 12.7 Å². The van der Waals surface area contributed by atoms with E-state index < -0.39 is 11.9 Å². The Kier molecular flexibility index (Phi) is 10.0. The predicted octanol–water partition coefficient (Wildman–Crippen LogP) is 0.613. The summed E-state index contributed by atoms with van der Waals surface area (Å²) in [6, 6.07) is 0. The van der Waals surface area contributed by atoms with Crippen LogP contribution in [0.2, 0.25) is 0 Å². The molecule has 0 atom stereocenters. The molecule has 0 aromatic carbocycles. The number of hydrogen-bond donors (Lipinski definition) is 2. The van der Waals surface area contributed by atoms with Crippen molar-refractivity contribution in [1.82, 2.24) is 0 Å². The van der Waals surface area contributed by atoms with Crippen molar-refractivity contribution in [1.29, 1.82) is 0 Å². The molecule has 0 aliphatic rings. The highest BCUT2D eigenvalue weighted by Crippen LogP contribution is 2.04. The third kappa shape index (κ3) is 13.8. The zero-order chi connectivity index (χ0) is 14.7. The number of allylic oxidation sites excluding steroid dienone is 1. The van der Waals surface area contributed by atoms with Crippen LogP contribution in [0.3, 0.4) is 0 Å². The molecule has 0 bridgehead atoms. The minimum atomic E-state index is -1.14. The molecule has 0 aromatic rings. The minimum Gasteiger partial charge on any atom is -0.478 e. The normalized spacial score (nSPS) is 9.78. The molecule has 0 fully saturated rings. The third-order valence-electron chi connectivity index (χ3n) is 1.55. The van der Waals surface area contributed by atoms with Crippen molar-refractivity contribution >= 4 is 23.4 Å². The second-order valence-electron chi connectivity index (χ2n) is 3.43. The van der Waals surface area contributed by atoms with E-state index in [1.165, 1.54) is 19.9 Å². The van der Waals surface area contributed by atoms with E-state index in [1.807, 2.05) is 0 Å². The molecule has 0 unspecified atom stereocenters. The number of primary amides is 1. The van der Waals surface area contributed by atoms with Gasteiger partial charge in [0.2, 0.25) is 5.91 Å². The van der Waals surface area contributed by atoms with Gasteiger partial charge >= 0.3 is 5.97 Å². The predicted molar refractivity (Wildman–Crippen MR) is 65.7 cm³/mol. The number of ketones is 2. The van der Waals surface area contributed by atoms with Crippen molar-refractivity contribution in [3.8, 4) is 0 Å². The lowest BCUT2D eigenvalue weighted by Gasteiger charge is -1.97. The topological polar surface area (TPSA) is 115 Å². The lowest BCUT2D eigenvalue weighted by atomic mass is 10.1. The lowest BCUT2D eigenvalue weighted by molar-refractivity contribution is -0.133. The number of amides is 1. The Bertz CT molecular complexity index is 382. The lowest BCUT2D eigenvalue weighted by Crippen LogP contribution is -2.05. The van der Waals surface area contributed by atoms with Crippen LogP contribution in [-0.4, -0.2) is 28.5 Å². The Morgan fingerprint density at radius 1 is 1.17 bits per heavy atom. The summed E-state index contributed by atoms with van der Waals surface area (Å²) in [6.45, 7) is 5.76. The maximum Gasteiger partial charge on any atom is 0.331 e. The van der Waals surface area contributed by atoms with Crippen LogP contribution in [0, 0.1) is 0 Å². The first-order valence-corrected chi connectivity index (χ1v) is 5.03. The van der Waals surface area contributed by atoms with Crippen LogP contribution in [0.1, 0.15) is 26.7 Å². The number of carboxylic acids is 1. The van der Waals surface area contributed by atoms with Gasteiger partial charge in [-0.05, 0) is 19.9 Å². The maximum absolute atomic E-state index is 10.6. The maximum atomic E-state index is 10.6. The summed E-state index contributed by atoms with van der Waals surface area (Å²) in [5.74, 6) is -1.97. The van der Waals surface area contributed by atoms with Gasteiger partial charge in [-0.15, -0.1) is 0 Å². The minimum absolute atomic E-state index is 0.0114. The van der Waals surface area contributed by atoms with Crippen LogP contribution in [0.15, 0.2) is 24.3 Å². The number of aliphatic carboxylic acids is 1. The van der Waals surface area contributed by atoms with E-state index in [4.69, 9.17) is 5.11 Å². The van der Waals surface area contributed by atoms with Crippen molar-refractivity contribution in [2.24, 2.45) is 5.73 Å². The van der Waals surface area contributed by atoms with E-state index in [1.54, 1.807) is 0 Å². The number of hydrogen-bond acceptors (Lipinski definition) is 4. The Balaban J connectivity index is 0. The van der Waals surface area contributed by atoms with Gasteiger partial charge in [-0.2, -0.15) is 0 Å². The summed E-state index contributed by atoms with van der Waals surface area (Å²) < 4.78 is 0. The summed E-state index contributed by atoms with van der Waals surface area (Å²) in [5.41, 5.74) is 4.52. The first-order valence-electron chi connectivity index (χ1n) is 5.03. The van der Waals surface area contributed by atoms with Crippen LogP contribution in [0.4, 0.5) is 0 Å². The third-order valence-corrected chi connectivity index (χ3v) is 1.55. The molecule has 18 heavy (non-hydrogen) atoms. The highest BCUT2D eigenvalue weighted by molar-refractivity contribution is 5.94. The summed E-state index contributed by atoms with van der Waals surface area (Å²) in [4.78, 5) is 41.1. The molecule has 0 spiro atoms. The van der Waals surface area contributed by atoms with Gasteiger partial charge in [0, 0.05) is 18.4 Å². The van der Waals surface area contributed by atoms with Crippen molar-refractivity contribution < 1.29 is 24.3 Å². The molecule has 0 aliphatic heterocycles. The van der Waals surface area contributed by atoms with Gasteiger partial charge in [0.1, 0.15) is 11.6 Å². The van der Waals surface area contributed by atoms with Gasteiger partial charge in [-0.3, -0.25) is 14.4 Å². The average molecular weight is 255 g/mol. The smallest absolute Gasteiger partial charge is 0.331 e. The molecular weight excluding hydrogens is 238 g/mol. The van der Waals surface area contributed by atoms with Gasteiger partial charge in [0.25, 0.3) is 0 Å². The fraction of sp³-hybridized carbons (Fsp3) is 0.333. The molecule has 0 aliphatic carbocycles. The number of carboxylic acid groups (broad SMARTS) is 1. The second-order valence-corrected chi connectivity index (χ2v) is 3.43. The van der Waals surface area contributed by atoms with Crippen LogP contribution >= 0.6 is 0 Å². The van der Waals surface area contributed by atoms with E-state index in [0.717, 1.165) is 6.08 Å². The van der Waals surface area contributed by atoms with Crippen molar-refractivity contribution in [2.45, 2.75) is 26.7 Å². The SMILES string of the molecule is C=CC(N)=O.CC(=O)CC=C(CC(C)=O)C(=O)O. The standard InChI is InChI=1S/C9H12O4.C3H5NO/c1-6(10)3-4-8(9(12)13)5-7(2)11;1-2-3(4)5/h4H,3,5H2,1-2H3,(H,12,13);2H,1H2,(H2,4,5). The highest BCUT2D eigenvalue weighted by Gasteiger charge is 2.09. The second kappa shape index (κ2) is 9.95. The van der Waals surface area contributed by atoms with Crippen LogP contribution in [-0.2, 0) is 19.2 Å². The molecular formula is C12H17NO5. The van der Waals surface area contributed by atoms with Crippen molar-refractivity contribution in [2.75, 3.05) is 0 Å². The number of carbonyl (C=O) groups excluding carboxylic acids is 3. The molecule has 0 radical (unpaired) electrons. The number of Topliss-reactive ketones (excluding diaryl/α,β-unsaturated/α-hetero) is 2. The van der Waals surface area contributed by atoms with Gasteiger partial charge in [0.15, 0.2) is 0 Å². The highest BCUT2D eigenvalue weighted by atomic mass is 16.4. The molecule has 0 heterocycles. The molecule has 3 N–H and O–H groups in total. The van der Waals surface area contributed by atoms with E-state index >= 15 is 0 Å².